The van der Waals surface area contributed by atoms with Crippen molar-refractivity contribution in [2.45, 2.75) is 179 Å². The van der Waals surface area contributed by atoms with Gasteiger partial charge >= 0.3 is 5.97 Å². The molecule has 0 spiro atoms. The first-order valence-corrected chi connectivity index (χ1v) is 18.0. The van der Waals surface area contributed by atoms with Crippen molar-refractivity contribution in [3.8, 4) is 0 Å². The van der Waals surface area contributed by atoms with Crippen LogP contribution in [-0.4, -0.2) is 124 Å². The van der Waals surface area contributed by atoms with Crippen LogP contribution in [0.3, 0.4) is 0 Å². The number of hydrogen-bond acceptors (Lipinski definition) is 13. The normalized spacial score (nSPS) is 49.6. The largest absolute Gasteiger partial charge is 0.459 e. The van der Waals surface area contributed by atoms with Crippen molar-refractivity contribution in [3.63, 3.8) is 0 Å². The van der Waals surface area contributed by atoms with Gasteiger partial charge in [0.25, 0.3) is 0 Å². The third-order valence-electron chi connectivity index (χ3n) is 11.4. The Balaban J connectivity index is 2.14. The smallest absolute Gasteiger partial charge is 0.311 e. The van der Waals surface area contributed by atoms with Gasteiger partial charge in [-0.3, -0.25) is 9.59 Å². The molecule has 1 unspecified atom stereocenters. The molecule has 0 aromatic heterocycles. The molecular weight excluding hydrogens is 638 g/mol. The highest BCUT2D eigenvalue weighted by atomic mass is 16.7. The number of carbonyl (C=O) groups is 2. The van der Waals surface area contributed by atoms with Crippen molar-refractivity contribution < 1.29 is 58.4 Å². The molecule has 0 saturated carbocycles. The number of methoxy groups -OCH3 is 1. The van der Waals surface area contributed by atoms with E-state index in [1.54, 1.807) is 41.5 Å². The van der Waals surface area contributed by atoms with Crippen LogP contribution >= 0.6 is 0 Å². The first kappa shape index (κ1) is 42.2. The molecule has 286 valence electrons. The molecule has 13 heteroatoms. The number of hydrogen-bond donors (Lipinski definition) is 5. The minimum Gasteiger partial charge on any atom is -0.459 e. The lowest BCUT2D eigenvalue weighted by atomic mass is 9.74. The Labute approximate surface area is 292 Å². The summed E-state index contributed by atoms with van der Waals surface area (Å²) in [6.07, 6.45) is -6.59. The van der Waals surface area contributed by atoms with Crippen LogP contribution in [0.2, 0.25) is 0 Å². The number of ketones is 1. The summed E-state index contributed by atoms with van der Waals surface area (Å²) in [5.41, 5.74) is -4.64. The number of rotatable bonds is 7. The first-order chi connectivity index (χ1) is 22.6. The maximum absolute atomic E-state index is 14.0. The van der Waals surface area contributed by atoms with E-state index in [1.165, 1.54) is 21.0 Å². The van der Waals surface area contributed by atoms with Crippen molar-refractivity contribution in [2.24, 2.45) is 23.7 Å². The van der Waals surface area contributed by atoms with Gasteiger partial charge in [0, 0.05) is 43.7 Å². The molecule has 3 heterocycles. The van der Waals surface area contributed by atoms with E-state index in [9.17, 15) is 30.0 Å². The Hall–Kier alpha value is -1.26. The monoisotopic (exact) mass is 703 g/mol. The first-order valence-electron chi connectivity index (χ1n) is 18.0. The lowest BCUT2D eigenvalue weighted by Gasteiger charge is -2.48. The summed E-state index contributed by atoms with van der Waals surface area (Å²) in [6.45, 7) is 16.8. The second-order valence-electron chi connectivity index (χ2n) is 15.7. The minimum atomic E-state index is -1.96. The number of esters is 1. The Morgan fingerprint density at radius 1 is 0.878 bits per heavy atom. The summed E-state index contributed by atoms with van der Waals surface area (Å²) in [5, 5.41) is 49.3. The van der Waals surface area contributed by atoms with Crippen LogP contribution in [0.15, 0.2) is 0 Å². The van der Waals surface area contributed by atoms with E-state index in [1.807, 2.05) is 20.9 Å². The quantitative estimate of drug-likeness (QED) is 0.244. The third kappa shape index (κ3) is 9.40. The van der Waals surface area contributed by atoms with E-state index < -0.39 is 95.6 Å². The van der Waals surface area contributed by atoms with Crippen molar-refractivity contribution >= 4 is 11.8 Å². The van der Waals surface area contributed by atoms with Gasteiger partial charge in [-0.05, 0) is 67.9 Å². The summed E-state index contributed by atoms with van der Waals surface area (Å²) in [5.74, 6) is -4.57. The number of aliphatic hydroxyl groups excluding tert-OH is 2. The van der Waals surface area contributed by atoms with Gasteiger partial charge < -0.3 is 54.2 Å². The Morgan fingerprint density at radius 3 is 2.08 bits per heavy atom. The molecule has 0 aromatic carbocycles. The molecular formula is C36H65NO12. The van der Waals surface area contributed by atoms with E-state index in [4.69, 9.17) is 28.4 Å². The molecule has 3 fully saturated rings. The SMILES string of the molecule is CC[C@H]1OC(=O)[C@H](C)[C@@H](O[C@H]2C[C@@](C)(OC)[C@@H](O)[C@H](C)O2)[C@H](C)[C@@H](O[C@H]2C[C@@H](NC)C[C@@H](C)O2)C(C)(O)C[C@@H](C)C(=O)[C@H](C)[C@@H](O)[C@]1(C)O. The van der Waals surface area contributed by atoms with E-state index >= 15 is 0 Å². The molecule has 3 saturated heterocycles. The molecule has 13 nitrogen and oxygen atoms in total. The molecule has 3 aliphatic rings. The highest BCUT2D eigenvalue weighted by molar-refractivity contribution is 5.83. The molecule has 0 radical (unpaired) electrons. The van der Waals surface area contributed by atoms with Crippen molar-refractivity contribution in [1.29, 1.82) is 0 Å². The summed E-state index contributed by atoms with van der Waals surface area (Å²) in [6, 6.07) is 0.102. The number of nitrogens with one attached hydrogen (secondary N) is 1. The molecule has 3 aliphatic heterocycles. The van der Waals surface area contributed by atoms with E-state index in [2.05, 4.69) is 5.32 Å². The number of cyclic esters (lactones) is 1. The van der Waals surface area contributed by atoms with Crippen LogP contribution in [0.25, 0.3) is 0 Å². The summed E-state index contributed by atoms with van der Waals surface area (Å²) in [7, 11) is 3.37. The molecule has 5 N–H and O–H groups in total. The predicted octanol–water partition coefficient (Wildman–Crippen LogP) is 2.47. The second kappa shape index (κ2) is 16.6. The Kier molecular flexibility index (Phi) is 14.3. The standard InChI is InChI=1S/C36H65NO12/c1-13-25-36(10,43)30(39)20(4)28(38)18(2)16-34(8,42)32(49-26-15-24(37-11)14-19(3)45-26)21(5)29(22(6)33(41)47-25)48-27-17-35(9,44-12)31(40)23(7)46-27/h18-27,29-32,37,39-40,42-43H,13-17H2,1-12H3/t18-,19-,20+,21+,22-,23+,24+,25-,26+,27+,29+,30-,31+,32-,34?,35-,36-/m1/s1. The minimum absolute atomic E-state index is 0.0502. The van der Waals surface area contributed by atoms with Crippen molar-refractivity contribution in [3.05, 3.63) is 0 Å². The number of Topliss-reactive ketones (excluding diaryl/α,β-unsaturated/α-hetero) is 1. The van der Waals surface area contributed by atoms with E-state index in [0.717, 1.165) is 6.42 Å². The lowest BCUT2D eigenvalue weighted by Crippen LogP contribution is -2.60. The molecule has 0 amide bonds. The maximum atomic E-state index is 14.0. The highest BCUT2D eigenvalue weighted by Crippen LogP contribution is 2.40. The fraction of sp³-hybridized carbons (Fsp3) is 0.944. The molecule has 49 heavy (non-hydrogen) atoms. The zero-order valence-electron chi connectivity index (χ0n) is 31.7. The third-order valence-corrected chi connectivity index (χ3v) is 11.4. The van der Waals surface area contributed by atoms with Crippen LogP contribution in [-0.2, 0) is 38.0 Å². The van der Waals surface area contributed by atoms with Gasteiger partial charge in [0.2, 0.25) is 0 Å². The zero-order valence-corrected chi connectivity index (χ0v) is 31.7. The number of aliphatic hydroxyl groups is 4. The van der Waals surface area contributed by atoms with Gasteiger partial charge in [0.1, 0.15) is 23.6 Å². The Morgan fingerprint density at radius 2 is 1.51 bits per heavy atom. The average molecular weight is 704 g/mol. The van der Waals surface area contributed by atoms with Crippen molar-refractivity contribution in [2.75, 3.05) is 14.2 Å². The molecule has 17 atom stereocenters. The maximum Gasteiger partial charge on any atom is 0.311 e. The average Bonchev–Trinajstić information content (AvgIpc) is 3.04. The van der Waals surface area contributed by atoms with Gasteiger partial charge in [0.05, 0.1) is 47.6 Å². The number of ether oxygens (including phenoxy) is 6. The fourth-order valence-corrected chi connectivity index (χ4v) is 8.20. The Bertz CT molecular complexity index is 1100. The van der Waals surface area contributed by atoms with Gasteiger partial charge in [-0.15, -0.1) is 0 Å². The van der Waals surface area contributed by atoms with Gasteiger partial charge in [-0.25, -0.2) is 0 Å². The highest BCUT2D eigenvalue weighted by Gasteiger charge is 2.52. The van der Waals surface area contributed by atoms with Crippen molar-refractivity contribution in [1.82, 2.24) is 5.32 Å². The molecule has 0 aromatic rings. The van der Waals surface area contributed by atoms with E-state index in [0.29, 0.717) is 6.42 Å². The van der Waals surface area contributed by atoms with Crippen LogP contribution in [0.1, 0.15) is 101 Å². The second-order valence-corrected chi connectivity index (χ2v) is 15.7. The predicted molar refractivity (Wildman–Crippen MR) is 180 cm³/mol. The van der Waals surface area contributed by atoms with Gasteiger partial charge in [-0.1, -0.05) is 27.7 Å². The molecule has 0 bridgehead atoms. The number of carbonyl (C=O) groups excluding carboxylic acids is 2. The van der Waals surface area contributed by atoms with Gasteiger partial charge in [-0.2, -0.15) is 0 Å². The fourth-order valence-electron chi connectivity index (χ4n) is 8.20. The molecule has 3 rings (SSSR count). The topological polar surface area (TPSA) is 182 Å². The van der Waals surface area contributed by atoms with Crippen LogP contribution in [0, 0.1) is 23.7 Å². The lowest BCUT2D eigenvalue weighted by molar-refractivity contribution is -0.308. The van der Waals surface area contributed by atoms with E-state index in [-0.39, 0.29) is 37.2 Å². The summed E-state index contributed by atoms with van der Waals surface area (Å²) >= 11 is 0. The summed E-state index contributed by atoms with van der Waals surface area (Å²) in [4.78, 5) is 27.8. The zero-order chi connectivity index (χ0) is 37.2. The summed E-state index contributed by atoms with van der Waals surface area (Å²) < 4.78 is 37.2. The van der Waals surface area contributed by atoms with Crippen LogP contribution in [0.5, 0.6) is 0 Å². The van der Waals surface area contributed by atoms with Crippen LogP contribution < -0.4 is 5.32 Å². The van der Waals surface area contributed by atoms with Gasteiger partial charge in [0.15, 0.2) is 12.6 Å². The van der Waals surface area contributed by atoms with Crippen LogP contribution in [0.4, 0.5) is 0 Å². The molecule has 0 aliphatic carbocycles.